The molecule has 0 aromatic heterocycles. The predicted octanol–water partition coefficient (Wildman–Crippen LogP) is 3.32. The van der Waals surface area contributed by atoms with E-state index in [2.05, 4.69) is 5.32 Å². The number of anilines is 1. The van der Waals surface area contributed by atoms with Crippen LogP contribution in [-0.4, -0.2) is 37.5 Å². The molecule has 0 unspecified atom stereocenters. The smallest absolute Gasteiger partial charge is 0.257 e. The number of sulfonamides is 1. The van der Waals surface area contributed by atoms with Crippen LogP contribution in [0.15, 0.2) is 53.4 Å². The van der Waals surface area contributed by atoms with Crippen LogP contribution in [0, 0.1) is 0 Å². The number of para-hydroxylation sites is 1. The van der Waals surface area contributed by atoms with Gasteiger partial charge < -0.3 is 5.32 Å². The summed E-state index contributed by atoms with van der Waals surface area (Å²) in [6.45, 7) is 2.34. The number of carbonyl (C=O) groups excluding carboxylic acids is 2. The fourth-order valence-corrected chi connectivity index (χ4v) is 4.92. The molecule has 0 spiro atoms. The zero-order valence-electron chi connectivity index (χ0n) is 15.1. The van der Waals surface area contributed by atoms with E-state index < -0.39 is 15.9 Å². The predicted molar refractivity (Wildman–Crippen MR) is 103 cm³/mol. The molecule has 2 aromatic carbocycles. The molecule has 6 nitrogen and oxygen atoms in total. The number of Topliss-reactive ketones (excluding diaryl/α,β-unsaturated/α-hetero) is 1. The topological polar surface area (TPSA) is 83.5 Å². The van der Waals surface area contributed by atoms with Crippen LogP contribution < -0.4 is 5.32 Å². The summed E-state index contributed by atoms with van der Waals surface area (Å²) < 4.78 is 27.5. The van der Waals surface area contributed by atoms with E-state index >= 15 is 0 Å². The van der Waals surface area contributed by atoms with Crippen molar-refractivity contribution in [1.82, 2.24) is 4.31 Å². The minimum atomic E-state index is -3.75. The van der Waals surface area contributed by atoms with E-state index in [1.165, 1.54) is 23.4 Å². The highest BCUT2D eigenvalue weighted by Gasteiger charge is 2.29. The van der Waals surface area contributed by atoms with Crippen LogP contribution in [-0.2, 0) is 10.0 Å². The molecule has 1 saturated heterocycles. The molecular weight excluding hydrogens is 364 g/mol. The first-order chi connectivity index (χ1) is 12.9. The van der Waals surface area contributed by atoms with Crippen molar-refractivity contribution in [3.8, 4) is 0 Å². The number of rotatable bonds is 5. The summed E-state index contributed by atoms with van der Waals surface area (Å²) in [6, 6.07) is 12.8. The zero-order chi connectivity index (χ0) is 19.4. The molecule has 7 heteroatoms. The van der Waals surface area contributed by atoms with Gasteiger partial charge in [0.05, 0.1) is 16.1 Å². The number of benzene rings is 2. The lowest BCUT2D eigenvalue weighted by molar-refractivity contribution is 0.101. The molecule has 1 heterocycles. The fraction of sp³-hybridized carbons (Fsp3) is 0.300. The third-order valence-electron chi connectivity index (χ3n) is 4.62. The average Bonchev–Trinajstić information content (AvgIpc) is 2.69. The van der Waals surface area contributed by atoms with E-state index in [4.69, 9.17) is 0 Å². The maximum atomic E-state index is 13.0. The molecule has 1 N–H and O–H groups in total. The first-order valence-corrected chi connectivity index (χ1v) is 10.4. The van der Waals surface area contributed by atoms with Crippen molar-refractivity contribution in [1.29, 1.82) is 0 Å². The van der Waals surface area contributed by atoms with Crippen molar-refractivity contribution in [2.75, 3.05) is 18.4 Å². The lowest BCUT2D eigenvalue weighted by atomic mass is 10.1. The summed E-state index contributed by atoms with van der Waals surface area (Å²) in [6.07, 6.45) is 2.65. The van der Waals surface area contributed by atoms with Crippen molar-refractivity contribution in [3.05, 3.63) is 59.7 Å². The van der Waals surface area contributed by atoms with Crippen LogP contribution >= 0.6 is 0 Å². The van der Waals surface area contributed by atoms with E-state index in [-0.39, 0.29) is 16.2 Å². The molecule has 1 aliphatic heterocycles. The van der Waals surface area contributed by atoms with Gasteiger partial charge in [0, 0.05) is 18.7 Å². The largest absolute Gasteiger partial charge is 0.321 e. The molecular formula is C20H22N2O4S. The van der Waals surface area contributed by atoms with E-state index in [1.54, 1.807) is 36.4 Å². The minimum Gasteiger partial charge on any atom is -0.321 e. The van der Waals surface area contributed by atoms with Gasteiger partial charge in [-0.3, -0.25) is 9.59 Å². The Kier molecular flexibility index (Phi) is 5.72. The second-order valence-corrected chi connectivity index (χ2v) is 8.42. The van der Waals surface area contributed by atoms with E-state index in [9.17, 15) is 18.0 Å². The lowest BCUT2D eigenvalue weighted by Gasteiger charge is -2.26. The number of carbonyl (C=O) groups is 2. The molecule has 3 rings (SSSR count). The van der Waals surface area contributed by atoms with Crippen LogP contribution in [0.3, 0.4) is 0 Å². The third-order valence-corrected chi connectivity index (χ3v) is 6.58. The SMILES string of the molecule is CC(=O)c1ccccc1NC(=O)c1ccccc1S(=O)(=O)N1CCCCC1. The number of amides is 1. The molecule has 0 atom stereocenters. The van der Waals surface area contributed by atoms with E-state index in [0.717, 1.165) is 19.3 Å². The summed E-state index contributed by atoms with van der Waals surface area (Å²) in [5, 5.41) is 2.68. The molecule has 1 aliphatic rings. The second kappa shape index (κ2) is 8.02. The van der Waals surface area contributed by atoms with Crippen molar-refractivity contribution in [2.45, 2.75) is 31.1 Å². The number of nitrogens with zero attached hydrogens (tertiary/aromatic N) is 1. The van der Waals surface area contributed by atoms with Crippen LogP contribution in [0.2, 0.25) is 0 Å². The van der Waals surface area contributed by atoms with E-state index in [0.29, 0.717) is 24.3 Å². The minimum absolute atomic E-state index is 0.00953. The highest BCUT2D eigenvalue weighted by atomic mass is 32.2. The maximum Gasteiger partial charge on any atom is 0.257 e. The Morgan fingerprint density at radius 2 is 1.48 bits per heavy atom. The van der Waals surface area contributed by atoms with Crippen LogP contribution in [0.4, 0.5) is 5.69 Å². The summed E-state index contributed by atoms with van der Waals surface area (Å²) in [7, 11) is -3.75. The van der Waals surface area contributed by atoms with Crippen molar-refractivity contribution >= 4 is 27.4 Å². The molecule has 2 aromatic rings. The van der Waals surface area contributed by atoms with Crippen molar-refractivity contribution in [3.63, 3.8) is 0 Å². The number of nitrogens with one attached hydrogen (secondary N) is 1. The fourth-order valence-electron chi connectivity index (χ4n) is 3.21. The number of piperidine rings is 1. The number of hydrogen-bond acceptors (Lipinski definition) is 4. The monoisotopic (exact) mass is 386 g/mol. The Morgan fingerprint density at radius 1 is 0.889 bits per heavy atom. The van der Waals surface area contributed by atoms with Gasteiger partial charge in [0.1, 0.15) is 0 Å². The summed E-state index contributed by atoms with van der Waals surface area (Å²) in [5.74, 6) is -0.736. The van der Waals surface area contributed by atoms with Crippen molar-refractivity contribution in [2.24, 2.45) is 0 Å². The lowest BCUT2D eigenvalue weighted by Crippen LogP contribution is -2.36. The first-order valence-electron chi connectivity index (χ1n) is 8.92. The summed E-state index contributed by atoms with van der Waals surface area (Å²) >= 11 is 0. The van der Waals surface area contributed by atoms with E-state index in [1.807, 2.05) is 0 Å². The van der Waals surface area contributed by atoms with Crippen molar-refractivity contribution < 1.29 is 18.0 Å². The number of hydrogen-bond donors (Lipinski definition) is 1. The highest BCUT2D eigenvalue weighted by molar-refractivity contribution is 7.89. The van der Waals surface area contributed by atoms with Gasteiger partial charge in [0.15, 0.2) is 5.78 Å². The Morgan fingerprint density at radius 3 is 2.15 bits per heavy atom. The van der Waals surface area contributed by atoms with Gasteiger partial charge in [-0.1, -0.05) is 30.7 Å². The van der Waals surface area contributed by atoms with Gasteiger partial charge in [0.25, 0.3) is 5.91 Å². The van der Waals surface area contributed by atoms with Gasteiger partial charge in [-0.15, -0.1) is 0 Å². The van der Waals surface area contributed by atoms with Crippen LogP contribution in [0.25, 0.3) is 0 Å². The maximum absolute atomic E-state index is 13.0. The molecule has 0 radical (unpaired) electrons. The molecule has 1 amide bonds. The highest BCUT2D eigenvalue weighted by Crippen LogP contribution is 2.25. The first kappa shape index (κ1) is 19.3. The molecule has 1 fully saturated rings. The van der Waals surface area contributed by atoms with Crippen LogP contribution in [0.1, 0.15) is 46.9 Å². The normalized spacial score (nSPS) is 15.3. The molecule has 0 aliphatic carbocycles. The third kappa shape index (κ3) is 4.09. The van der Waals surface area contributed by atoms with Gasteiger partial charge >= 0.3 is 0 Å². The molecule has 142 valence electrons. The van der Waals surface area contributed by atoms with Gasteiger partial charge in [0.2, 0.25) is 10.0 Å². The Bertz CT molecular complexity index is 963. The molecule has 0 saturated carbocycles. The molecule has 27 heavy (non-hydrogen) atoms. The van der Waals surface area contributed by atoms with Gasteiger partial charge in [-0.25, -0.2) is 8.42 Å². The zero-order valence-corrected chi connectivity index (χ0v) is 16.0. The van der Waals surface area contributed by atoms with Crippen LogP contribution in [0.5, 0.6) is 0 Å². The number of ketones is 1. The quantitative estimate of drug-likeness (QED) is 0.799. The second-order valence-electron chi connectivity index (χ2n) is 6.52. The summed E-state index contributed by atoms with van der Waals surface area (Å²) in [5.41, 5.74) is 0.809. The average molecular weight is 386 g/mol. The standard InChI is InChI=1S/C20H22N2O4S/c1-15(23)16-9-3-5-11-18(16)21-20(24)17-10-4-6-12-19(17)27(25,26)22-13-7-2-8-14-22/h3-6,9-12H,2,7-8,13-14H2,1H3,(H,21,24). The van der Waals surface area contributed by atoms with Gasteiger partial charge in [-0.2, -0.15) is 4.31 Å². The Hall–Kier alpha value is -2.51. The Labute approximate surface area is 159 Å². The van der Waals surface area contributed by atoms with Gasteiger partial charge in [-0.05, 0) is 44.0 Å². The summed E-state index contributed by atoms with van der Waals surface area (Å²) in [4.78, 5) is 24.6. The Balaban J connectivity index is 1.94. The molecule has 0 bridgehead atoms.